The number of halogens is 3. The molecular weight excluding hydrogens is 495 g/mol. The fourth-order valence-corrected chi connectivity index (χ4v) is 3.41. The van der Waals surface area contributed by atoms with Gasteiger partial charge >= 0.3 is 0 Å². The van der Waals surface area contributed by atoms with E-state index in [4.69, 9.17) is 16.0 Å². The molecule has 4 nitrogen and oxygen atoms in total. The lowest BCUT2D eigenvalue weighted by molar-refractivity contribution is 0.102. The quantitative estimate of drug-likeness (QED) is 0.328. The second-order valence-electron chi connectivity index (χ2n) is 5.79. The van der Waals surface area contributed by atoms with Gasteiger partial charge in [-0.3, -0.25) is 4.79 Å². The number of hydrogen-bond donors (Lipinski definition) is 1. The number of carbonyl (C=O) groups excluding carboxylic acids is 1. The topological polar surface area (TPSA) is 55.1 Å². The lowest BCUT2D eigenvalue weighted by atomic mass is 10.2. The predicted octanol–water partition coefficient (Wildman–Crippen LogP) is 6.93. The maximum atomic E-state index is 12.4. The van der Waals surface area contributed by atoms with Crippen molar-refractivity contribution in [1.29, 1.82) is 0 Å². The van der Waals surface area contributed by atoms with Crippen LogP contribution in [0.3, 0.4) is 0 Å². The Labute approximate surface area is 176 Å². The summed E-state index contributed by atoms with van der Waals surface area (Å²) >= 11 is 13.0. The summed E-state index contributed by atoms with van der Waals surface area (Å²) in [5.74, 6) is 0.230. The Morgan fingerprint density at radius 2 is 1.70 bits per heavy atom. The highest BCUT2D eigenvalue weighted by Gasteiger charge is 2.13. The van der Waals surface area contributed by atoms with Crippen LogP contribution in [0.5, 0.6) is 0 Å². The number of oxazole rings is 1. The van der Waals surface area contributed by atoms with E-state index in [-0.39, 0.29) is 5.91 Å². The van der Waals surface area contributed by atoms with Gasteiger partial charge < -0.3 is 9.73 Å². The normalized spacial score (nSPS) is 10.9. The second-order valence-corrected chi connectivity index (χ2v) is 8.03. The molecule has 0 unspecified atom stereocenters. The van der Waals surface area contributed by atoms with Gasteiger partial charge in [-0.2, -0.15) is 0 Å². The van der Waals surface area contributed by atoms with Crippen LogP contribution in [0.2, 0.25) is 5.02 Å². The summed E-state index contributed by atoms with van der Waals surface area (Å²) in [5, 5.41) is 3.42. The van der Waals surface area contributed by atoms with E-state index in [1.54, 1.807) is 36.4 Å². The van der Waals surface area contributed by atoms with E-state index < -0.39 is 0 Å². The molecule has 7 heteroatoms. The van der Waals surface area contributed by atoms with Gasteiger partial charge in [-0.1, -0.05) is 43.5 Å². The minimum atomic E-state index is -0.194. The molecular formula is C20H11Br2ClN2O2. The van der Waals surface area contributed by atoms with Crippen molar-refractivity contribution < 1.29 is 9.21 Å². The van der Waals surface area contributed by atoms with Gasteiger partial charge in [0.25, 0.3) is 5.91 Å². The molecule has 0 spiro atoms. The number of carbonyl (C=O) groups is 1. The first-order valence-corrected chi connectivity index (χ1v) is 9.89. The summed E-state index contributed by atoms with van der Waals surface area (Å²) in [6.07, 6.45) is 0. The van der Waals surface area contributed by atoms with Crippen molar-refractivity contribution in [2.75, 3.05) is 5.32 Å². The molecule has 4 rings (SSSR count). The Balaban J connectivity index is 1.64. The van der Waals surface area contributed by atoms with Crippen molar-refractivity contribution in [3.05, 3.63) is 80.2 Å². The monoisotopic (exact) mass is 504 g/mol. The molecule has 4 aromatic rings. The summed E-state index contributed by atoms with van der Waals surface area (Å²) in [4.78, 5) is 16.9. The minimum absolute atomic E-state index is 0.194. The number of benzene rings is 3. The van der Waals surface area contributed by atoms with Crippen LogP contribution < -0.4 is 5.32 Å². The Hall–Kier alpha value is -2.15. The molecule has 134 valence electrons. The molecule has 3 aromatic carbocycles. The van der Waals surface area contributed by atoms with Crippen molar-refractivity contribution >= 4 is 66.2 Å². The molecule has 0 aliphatic heterocycles. The van der Waals surface area contributed by atoms with Crippen LogP contribution in [0, 0.1) is 0 Å². The van der Waals surface area contributed by atoms with Gasteiger partial charge in [0.1, 0.15) is 5.52 Å². The molecule has 27 heavy (non-hydrogen) atoms. The van der Waals surface area contributed by atoms with Crippen molar-refractivity contribution in [3.63, 3.8) is 0 Å². The molecule has 1 N–H and O–H groups in total. The minimum Gasteiger partial charge on any atom is -0.436 e. The summed E-state index contributed by atoms with van der Waals surface area (Å²) in [5.41, 5.74) is 3.15. The fraction of sp³-hybridized carbons (Fsp3) is 0. The molecule has 0 atom stereocenters. The van der Waals surface area contributed by atoms with Gasteiger partial charge in [0.2, 0.25) is 5.89 Å². The third kappa shape index (κ3) is 3.93. The average Bonchev–Trinajstić information content (AvgIpc) is 3.07. The van der Waals surface area contributed by atoms with E-state index in [1.807, 2.05) is 24.3 Å². The van der Waals surface area contributed by atoms with Crippen molar-refractivity contribution in [3.8, 4) is 11.5 Å². The van der Waals surface area contributed by atoms with E-state index in [0.29, 0.717) is 38.8 Å². The van der Waals surface area contributed by atoms with Crippen LogP contribution in [-0.4, -0.2) is 10.9 Å². The van der Waals surface area contributed by atoms with Crippen molar-refractivity contribution in [1.82, 2.24) is 4.98 Å². The van der Waals surface area contributed by atoms with Crippen LogP contribution in [-0.2, 0) is 0 Å². The van der Waals surface area contributed by atoms with Gasteiger partial charge in [0, 0.05) is 20.2 Å². The molecule has 0 bridgehead atoms. The standard InChI is InChI=1S/C20H11Br2ClN2O2/c21-12-3-1-11(2-4-12)19(26)24-14-6-8-18-17(10-14)25-20(27-18)15-9-13(22)5-7-16(15)23/h1-10H,(H,24,26). The van der Waals surface area contributed by atoms with Gasteiger partial charge in [-0.25, -0.2) is 4.98 Å². The van der Waals surface area contributed by atoms with E-state index in [2.05, 4.69) is 42.2 Å². The first-order valence-electron chi connectivity index (χ1n) is 7.92. The number of rotatable bonds is 3. The van der Waals surface area contributed by atoms with E-state index in [9.17, 15) is 4.79 Å². The number of fused-ring (bicyclic) bond motifs is 1. The molecule has 1 amide bonds. The smallest absolute Gasteiger partial charge is 0.255 e. The van der Waals surface area contributed by atoms with E-state index in [1.165, 1.54) is 0 Å². The Morgan fingerprint density at radius 1 is 0.963 bits per heavy atom. The second kappa shape index (κ2) is 7.46. The zero-order valence-electron chi connectivity index (χ0n) is 13.7. The number of aromatic nitrogens is 1. The zero-order valence-corrected chi connectivity index (χ0v) is 17.6. The van der Waals surface area contributed by atoms with Gasteiger partial charge in [0.15, 0.2) is 5.58 Å². The molecule has 0 fully saturated rings. The van der Waals surface area contributed by atoms with Crippen molar-refractivity contribution in [2.45, 2.75) is 0 Å². The van der Waals surface area contributed by atoms with Crippen LogP contribution in [0.15, 0.2) is 74.0 Å². The summed E-state index contributed by atoms with van der Waals surface area (Å²) in [7, 11) is 0. The zero-order chi connectivity index (χ0) is 19.0. The molecule has 0 saturated heterocycles. The largest absolute Gasteiger partial charge is 0.436 e. The lowest BCUT2D eigenvalue weighted by Crippen LogP contribution is -2.11. The maximum absolute atomic E-state index is 12.4. The van der Waals surface area contributed by atoms with Gasteiger partial charge in [-0.05, 0) is 60.7 Å². The first kappa shape index (κ1) is 18.2. The highest BCUT2D eigenvalue weighted by Crippen LogP contribution is 2.33. The number of anilines is 1. The van der Waals surface area contributed by atoms with Crippen molar-refractivity contribution in [2.24, 2.45) is 0 Å². The van der Waals surface area contributed by atoms with E-state index >= 15 is 0 Å². The molecule has 1 heterocycles. The van der Waals surface area contributed by atoms with Crippen LogP contribution in [0.25, 0.3) is 22.6 Å². The maximum Gasteiger partial charge on any atom is 0.255 e. The first-order chi connectivity index (χ1) is 13.0. The van der Waals surface area contributed by atoms with Gasteiger partial charge in [-0.15, -0.1) is 0 Å². The molecule has 0 aliphatic rings. The Bertz CT molecular complexity index is 1160. The number of hydrogen-bond acceptors (Lipinski definition) is 3. The highest BCUT2D eigenvalue weighted by atomic mass is 79.9. The Morgan fingerprint density at radius 3 is 2.48 bits per heavy atom. The van der Waals surface area contributed by atoms with Crippen LogP contribution in [0.1, 0.15) is 10.4 Å². The van der Waals surface area contributed by atoms with E-state index in [0.717, 1.165) is 8.95 Å². The third-order valence-corrected chi connectivity index (χ3v) is 5.26. The number of amides is 1. The lowest BCUT2D eigenvalue weighted by Gasteiger charge is -2.05. The Kier molecular flexibility index (Phi) is 5.04. The predicted molar refractivity (Wildman–Crippen MR) is 114 cm³/mol. The molecule has 1 aromatic heterocycles. The fourth-order valence-electron chi connectivity index (χ4n) is 2.59. The SMILES string of the molecule is O=C(Nc1ccc2oc(-c3cc(Br)ccc3Cl)nc2c1)c1ccc(Br)cc1. The molecule has 0 radical (unpaired) electrons. The number of nitrogens with zero attached hydrogens (tertiary/aromatic N) is 1. The summed E-state index contributed by atoms with van der Waals surface area (Å²) < 4.78 is 7.61. The van der Waals surface area contributed by atoms with Gasteiger partial charge in [0.05, 0.1) is 10.6 Å². The highest BCUT2D eigenvalue weighted by molar-refractivity contribution is 9.10. The summed E-state index contributed by atoms with van der Waals surface area (Å²) in [6.45, 7) is 0. The average molecular weight is 507 g/mol. The molecule has 0 saturated carbocycles. The van der Waals surface area contributed by atoms with Crippen LogP contribution >= 0.6 is 43.5 Å². The van der Waals surface area contributed by atoms with Crippen LogP contribution in [0.4, 0.5) is 5.69 Å². The molecule has 0 aliphatic carbocycles. The number of nitrogens with one attached hydrogen (secondary N) is 1. The summed E-state index contributed by atoms with van der Waals surface area (Å²) in [6, 6.07) is 17.9. The third-order valence-electron chi connectivity index (χ3n) is 3.91.